The monoisotopic (exact) mass is 176 g/mol. The molecule has 1 heterocycles. The van der Waals surface area contributed by atoms with Crippen LogP contribution in [0.15, 0.2) is 18.3 Å². The number of carbonyl (C=O) groups is 1. The summed E-state index contributed by atoms with van der Waals surface area (Å²) in [6.45, 7) is 0. The number of Topliss-reactive ketones (excluding diaryl/α,β-unsaturated/α-hetero) is 1. The second-order valence-electron chi connectivity index (χ2n) is 3.50. The molecule has 1 aromatic rings. The minimum Gasteiger partial charge on any atom is -0.399 e. The van der Waals surface area contributed by atoms with Crippen molar-refractivity contribution in [1.82, 2.24) is 4.98 Å². The molecule has 2 rings (SSSR count). The first-order valence-electron chi connectivity index (χ1n) is 4.49. The summed E-state index contributed by atoms with van der Waals surface area (Å²) in [5.74, 6) is 0.612. The van der Waals surface area contributed by atoms with E-state index in [0.29, 0.717) is 23.8 Å². The van der Waals surface area contributed by atoms with E-state index in [4.69, 9.17) is 5.73 Å². The predicted octanol–water partition coefficient (Wildman–Crippen LogP) is 1.19. The van der Waals surface area contributed by atoms with Crippen LogP contribution < -0.4 is 5.73 Å². The Kier molecular flexibility index (Phi) is 2.00. The highest BCUT2D eigenvalue weighted by molar-refractivity contribution is 5.85. The summed E-state index contributed by atoms with van der Waals surface area (Å²) in [6, 6.07) is 3.49. The van der Waals surface area contributed by atoms with Crippen LogP contribution in [-0.2, 0) is 11.2 Å². The second-order valence-corrected chi connectivity index (χ2v) is 3.50. The largest absolute Gasteiger partial charge is 0.399 e. The Hall–Kier alpha value is -1.38. The van der Waals surface area contributed by atoms with Gasteiger partial charge in [0.05, 0.1) is 0 Å². The minimum atomic E-state index is 0.304. The van der Waals surface area contributed by atoms with Crippen LogP contribution in [0.25, 0.3) is 0 Å². The molecule has 0 atom stereocenters. The molecule has 0 spiro atoms. The van der Waals surface area contributed by atoms with Crippen molar-refractivity contribution in [3.05, 3.63) is 24.0 Å². The van der Waals surface area contributed by atoms with E-state index in [-0.39, 0.29) is 0 Å². The van der Waals surface area contributed by atoms with Gasteiger partial charge in [-0.3, -0.25) is 9.78 Å². The van der Waals surface area contributed by atoms with Crippen molar-refractivity contribution >= 4 is 11.5 Å². The van der Waals surface area contributed by atoms with Crippen LogP contribution in [-0.4, -0.2) is 10.8 Å². The van der Waals surface area contributed by atoms with Crippen LogP contribution in [0.5, 0.6) is 0 Å². The van der Waals surface area contributed by atoms with Crippen LogP contribution in [0.4, 0.5) is 5.69 Å². The lowest BCUT2D eigenvalue weighted by molar-refractivity contribution is -0.119. The van der Waals surface area contributed by atoms with Gasteiger partial charge in [0, 0.05) is 29.9 Å². The van der Waals surface area contributed by atoms with Crippen molar-refractivity contribution in [2.45, 2.75) is 19.3 Å². The minimum absolute atomic E-state index is 0.304. The number of carbonyl (C=O) groups excluding carboxylic acids is 1. The van der Waals surface area contributed by atoms with Crippen LogP contribution in [0.2, 0.25) is 0 Å². The van der Waals surface area contributed by atoms with Gasteiger partial charge in [-0.2, -0.15) is 0 Å². The van der Waals surface area contributed by atoms with Gasteiger partial charge in [-0.15, -0.1) is 0 Å². The molecule has 2 N–H and O–H groups in total. The Morgan fingerprint density at radius 2 is 2.38 bits per heavy atom. The van der Waals surface area contributed by atoms with Gasteiger partial charge in [-0.05, 0) is 25.0 Å². The summed E-state index contributed by atoms with van der Waals surface area (Å²) in [4.78, 5) is 15.5. The standard InChI is InChI=1S/C10H12N2O/c11-8-3-4-12-9(5-8)6-10(13)7-1-2-7/h3-5,7H,1-2,6H2,(H2,11,12). The van der Waals surface area contributed by atoms with Crippen molar-refractivity contribution in [1.29, 1.82) is 0 Å². The van der Waals surface area contributed by atoms with Gasteiger partial charge in [0.25, 0.3) is 0 Å². The summed E-state index contributed by atoms with van der Waals surface area (Å²) in [5.41, 5.74) is 7.04. The Balaban J connectivity index is 2.04. The zero-order chi connectivity index (χ0) is 9.26. The number of hydrogen-bond acceptors (Lipinski definition) is 3. The lowest BCUT2D eigenvalue weighted by atomic mass is 10.1. The van der Waals surface area contributed by atoms with Crippen LogP contribution >= 0.6 is 0 Å². The molecule has 1 aliphatic carbocycles. The molecule has 13 heavy (non-hydrogen) atoms. The summed E-state index contributed by atoms with van der Waals surface area (Å²) >= 11 is 0. The maximum Gasteiger partial charge on any atom is 0.141 e. The highest BCUT2D eigenvalue weighted by Crippen LogP contribution is 2.30. The third-order valence-corrected chi connectivity index (χ3v) is 2.23. The first-order chi connectivity index (χ1) is 6.25. The first kappa shape index (κ1) is 8.23. The fourth-order valence-corrected chi connectivity index (χ4v) is 1.32. The van der Waals surface area contributed by atoms with Crippen molar-refractivity contribution < 1.29 is 4.79 Å². The van der Waals surface area contributed by atoms with Gasteiger partial charge >= 0.3 is 0 Å². The van der Waals surface area contributed by atoms with Gasteiger partial charge in [-0.25, -0.2) is 0 Å². The maximum atomic E-state index is 11.4. The Labute approximate surface area is 77.0 Å². The average molecular weight is 176 g/mol. The van der Waals surface area contributed by atoms with Crippen LogP contribution in [0, 0.1) is 5.92 Å². The summed E-state index contributed by atoms with van der Waals surface area (Å²) in [7, 11) is 0. The van der Waals surface area contributed by atoms with E-state index in [1.165, 1.54) is 0 Å². The molecule has 0 amide bonds. The van der Waals surface area contributed by atoms with E-state index in [1.54, 1.807) is 18.3 Å². The van der Waals surface area contributed by atoms with E-state index in [9.17, 15) is 4.79 Å². The summed E-state index contributed by atoms with van der Waals surface area (Å²) in [5, 5.41) is 0. The van der Waals surface area contributed by atoms with Gasteiger partial charge in [-0.1, -0.05) is 0 Å². The third-order valence-electron chi connectivity index (χ3n) is 2.23. The van der Waals surface area contributed by atoms with E-state index in [2.05, 4.69) is 4.98 Å². The summed E-state index contributed by atoms with van der Waals surface area (Å²) < 4.78 is 0. The molecule has 0 saturated heterocycles. The number of nitrogens with zero attached hydrogens (tertiary/aromatic N) is 1. The van der Waals surface area contributed by atoms with Gasteiger partial charge < -0.3 is 5.73 Å². The number of ketones is 1. The molecule has 0 aliphatic heterocycles. The zero-order valence-electron chi connectivity index (χ0n) is 7.36. The lowest BCUT2D eigenvalue weighted by Crippen LogP contribution is -2.06. The average Bonchev–Trinajstić information content (AvgIpc) is 2.85. The molecular weight excluding hydrogens is 164 g/mol. The fraction of sp³-hybridized carbons (Fsp3) is 0.400. The Bertz CT molecular complexity index is 331. The molecular formula is C10H12N2O. The van der Waals surface area contributed by atoms with Gasteiger partial charge in [0.15, 0.2) is 0 Å². The molecule has 1 fully saturated rings. The van der Waals surface area contributed by atoms with E-state index < -0.39 is 0 Å². The molecule has 1 aliphatic rings. The zero-order valence-corrected chi connectivity index (χ0v) is 7.36. The molecule has 0 unspecified atom stereocenters. The summed E-state index contributed by atoms with van der Waals surface area (Å²) in [6.07, 6.45) is 4.20. The molecule has 3 nitrogen and oxygen atoms in total. The molecule has 68 valence electrons. The number of nitrogen functional groups attached to an aromatic ring is 1. The number of anilines is 1. The predicted molar refractivity (Wildman–Crippen MR) is 50.1 cm³/mol. The first-order valence-corrected chi connectivity index (χ1v) is 4.49. The smallest absolute Gasteiger partial charge is 0.141 e. The van der Waals surface area contributed by atoms with Crippen molar-refractivity contribution in [3.63, 3.8) is 0 Å². The Morgan fingerprint density at radius 3 is 3.00 bits per heavy atom. The SMILES string of the molecule is Nc1ccnc(CC(=O)C2CC2)c1. The number of hydrogen-bond donors (Lipinski definition) is 1. The molecule has 0 aromatic carbocycles. The lowest BCUT2D eigenvalue weighted by Gasteiger charge is -1.99. The fourth-order valence-electron chi connectivity index (χ4n) is 1.32. The maximum absolute atomic E-state index is 11.4. The number of aromatic nitrogens is 1. The quantitative estimate of drug-likeness (QED) is 0.752. The van der Waals surface area contributed by atoms with Gasteiger partial charge in [0.2, 0.25) is 0 Å². The van der Waals surface area contributed by atoms with E-state index in [0.717, 1.165) is 18.5 Å². The number of rotatable bonds is 3. The Morgan fingerprint density at radius 1 is 1.62 bits per heavy atom. The second kappa shape index (κ2) is 3.17. The molecule has 1 saturated carbocycles. The van der Waals surface area contributed by atoms with Gasteiger partial charge in [0.1, 0.15) is 5.78 Å². The third kappa shape index (κ3) is 2.05. The highest BCUT2D eigenvalue weighted by atomic mass is 16.1. The topological polar surface area (TPSA) is 56.0 Å². The van der Waals surface area contributed by atoms with Crippen molar-refractivity contribution in [2.75, 3.05) is 5.73 Å². The molecule has 1 aromatic heterocycles. The number of nitrogens with two attached hydrogens (primary N) is 1. The van der Waals surface area contributed by atoms with Crippen molar-refractivity contribution in [3.8, 4) is 0 Å². The van der Waals surface area contributed by atoms with E-state index in [1.807, 2.05) is 0 Å². The molecule has 3 heteroatoms. The van der Waals surface area contributed by atoms with E-state index >= 15 is 0 Å². The molecule has 0 bridgehead atoms. The molecule has 0 radical (unpaired) electrons. The highest BCUT2D eigenvalue weighted by Gasteiger charge is 2.29. The normalized spacial score (nSPS) is 15.7. The van der Waals surface area contributed by atoms with Crippen LogP contribution in [0.1, 0.15) is 18.5 Å². The van der Waals surface area contributed by atoms with Crippen molar-refractivity contribution in [2.24, 2.45) is 5.92 Å². The number of pyridine rings is 1. The van der Waals surface area contributed by atoms with Crippen LogP contribution in [0.3, 0.4) is 0 Å².